The van der Waals surface area contributed by atoms with E-state index in [2.05, 4.69) is 10.3 Å². The second-order valence-electron chi connectivity index (χ2n) is 5.97. The molecule has 0 saturated heterocycles. The second kappa shape index (κ2) is 6.45. The number of rotatable bonds is 4. The van der Waals surface area contributed by atoms with Crippen LogP contribution in [0.5, 0.6) is 0 Å². The summed E-state index contributed by atoms with van der Waals surface area (Å²) in [5.74, 6) is -1.58. The molecule has 0 aliphatic heterocycles. The van der Waals surface area contributed by atoms with Crippen LogP contribution in [0.4, 0.5) is 8.78 Å². The lowest BCUT2D eigenvalue weighted by atomic mass is 9.87. The number of imidazole rings is 1. The fourth-order valence-corrected chi connectivity index (χ4v) is 3.64. The maximum absolute atomic E-state index is 13.9. The first-order chi connectivity index (χ1) is 11.4. The zero-order valence-corrected chi connectivity index (χ0v) is 13.9. The van der Waals surface area contributed by atoms with Crippen LogP contribution in [-0.4, -0.2) is 22.5 Å². The number of hydrogen-bond acceptors (Lipinski definition) is 3. The van der Waals surface area contributed by atoms with Crippen LogP contribution in [0.2, 0.25) is 0 Å². The normalized spacial score (nSPS) is 18.2. The minimum Gasteiger partial charge on any atom is -0.368 e. The zero-order chi connectivity index (χ0) is 17.4. The minimum absolute atomic E-state index is 0.0263. The number of halogens is 2. The molecule has 2 aromatic rings. The number of primary amides is 1. The summed E-state index contributed by atoms with van der Waals surface area (Å²) in [7, 11) is 1.63. The van der Waals surface area contributed by atoms with Crippen LogP contribution in [0.3, 0.4) is 0 Å². The van der Waals surface area contributed by atoms with Gasteiger partial charge in [0.2, 0.25) is 5.91 Å². The number of hydrogen-bond donors (Lipinski definition) is 3. The third-order valence-electron chi connectivity index (χ3n) is 4.48. The number of carbonyl (C=O) groups is 1. The highest BCUT2D eigenvalue weighted by Gasteiger charge is 2.25. The van der Waals surface area contributed by atoms with Gasteiger partial charge in [-0.05, 0) is 55.7 Å². The van der Waals surface area contributed by atoms with Gasteiger partial charge >= 0.3 is 0 Å². The standard InChI is InChI=1S/C16H18F2N4OS/c1-20-14(15(19)23)13-7-22(16(24)21-13)10-2-3-11-8(5-10)4-9(17)6-12(11)18/h4,6-7,10,14,20H,2-3,5H2,1H3,(H2,19,23)(H,21,24). The summed E-state index contributed by atoms with van der Waals surface area (Å²) in [5.41, 5.74) is 7.17. The highest BCUT2D eigenvalue weighted by atomic mass is 32.1. The fraction of sp³-hybridized carbons (Fsp3) is 0.375. The molecule has 2 unspecified atom stereocenters. The molecule has 1 amide bonds. The number of nitrogens with one attached hydrogen (secondary N) is 2. The van der Waals surface area contributed by atoms with Crippen molar-refractivity contribution in [1.82, 2.24) is 14.9 Å². The van der Waals surface area contributed by atoms with E-state index in [-0.39, 0.29) is 6.04 Å². The molecule has 0 saturated carbocycles. The average Bonchev–Trinajstić information content (AvgIpc) is 2.88. The van der Waals surface area contributed by atoms with Crippen LogP contribution in [0.1, 0.15) is 35.3 Å². The van der Waals surface area contributed by atoms with Gasteiger partial charge in [-0.2, -0.15) is 0 Å². The molecule has 1 aliphatic rings. The van der Waals surface area contributed by atoms with E-state index in [4.69, 9.17) is 18.0 Å². The van der Waals surface area contributed by atoms with Gasteiger partial charge in [0.15, 0.2) is 4.77 Å². The smallest absolute Gasteiger partial charge is 0.240 e. The molecule has 0 bridgehead atoms. The molecule has 0 fully saturated rings. The molecule has 1 aromatic heterocycles. The van der Waals surface area contributed by atoms with Crippen LogP contribution < -0.4 is 11.1 Å². The first-order valence-electron chi connectivity index (χ1n) is 7.65. The second-order valence-corrected chi connectivity index (χ2v) is 6.35. The van der Waals surface area contributed by atoms with Gasteiger partial charge in [0.05, 0.1) is 5.69 Å². The van der Waals surface area contributed by atoms with E-state index >= 15 is 0 Å². The average molecular weight is 352 g/mol. The maximum Gasteiger partial charge on any atom is 0.240 e. The first-order valence-corrected chi connectivity index (χ1v) is 8.06. The van der Waals surface area contributed by atoms with Gasteiger partial charge in [-0.3, -0.25) is 4.79 Å². The first kappa shape index (κ1) is 16.8. The van der Waals surface area contributed by atoms with Gasteiger partial charge in [-0.15, -0.1) is 0 Å². The molecular formula is C16H18F2N4OS. The molecule has 24 heavy (non-hydrogen) atoms. The molecule has 2 atom stereocenters. The van der Waals surface area contributed by atoms with Crippen molar-refractivity contribution in [3.05, 3.63) is 51.6 Å². The van der Waals surface area contributed by atoms with E-state index in [9.17, 15) is 13.6 Å². The van der Waals surface area contributed by atoms with E-state index in [1.807, 2.05) is 4.57 Å². The van der Waals surface area contributed by atoms with Gasteiger partial charge in [0.25, 0.3) is 0 Å². The molecule has 3 rings (SSSR count). The Kier molecular flexibility index (Phi) is 4.51. The highest BCUT2D eigenvalue weighted by Crippen LogP contribution is 2.32. The third kappa shape index (κ3) is 2.99. The lowest BCUT2D eigenvalue weighted by molar-refractivity contribution is -0.120. The number of fused-ring (bicyclic) bond motifs is 1. The Labute approximate surface area is 142 Å². The summed E-state index contributed by atoms with van der Waals surface area (Å²) in [6.07, 6.45) is 3.43. The van der Waals surface area contributed by atoms with E-state index in [1.165, 1.54) is 6.07 Å². The summed E-state index contributed by atoms with van der Waals surface area (Å²) in [4.78, 5) is 14.5. The quantitative estimate of drug-likeness (QED) is 0.739. The Morgan fingerprint density at radius 1 is 1.50 bits per heavy atom. The molecule has 1 aliphatic carbocycles. The molecule has 4 N–H and O–H groups in total. The van der Waals surface area contributed by atoms with Gasteiger partial charge in [0.1, 0.15) is 17.7 Å². The SMILES string of the molecule is CNC(C(N)=O)c1cn(C2CCc3c(F)cc(F)cc3C2)c(=S)[nH]1. The van der Waals surface area contributed by atoms with E-state index in [0.29, 0.717) is 40.9 Å². The van der Waals surface area contributed by atoms with Crippen LogP contribution >= 0.6 is 12.2 Å². The number of likely N-dealkylation sites (N-methyl/N-ethyl adjacent to an activating group) is 1. The Balaban J connectivity index is 1.92. The molecular weight excluding hydrogens is 334 g/mol. The number of H-pyrrole nitrogens is 1. The van der Waals surface area contributed by atoms with E-state index < -0.39 is 23.6 Å². The highest BCUT2D eigenvalue weighted by molar-refractivity contribution is 7.71. The van der Waals surface area contributed by atoms with Crippen molar-refractivity contribution in [3.63, 3.8) is 0 Å². The molecule has 1 heterocycles. The predicted molar refractivity (Wildman–Crippen MR) is 88.0 cm³/mol. The summed E-state index contributed by atoms with van der Waals surface area (Å²) < 4.78 is 29.6. The molecule has 128 valence electrons. The van der Waals surface area contributed by atoms with Crippen LogP contribution in [0.25, 0.3) is 0 Å². The van der Waals surface area contributed by atoms with Crippen LogP contribution in [0, 0.1) is 16.4 Å². The number of aromatic nitrogens is 2. The van der Waals surface area contributed by atoms with E-state index in [0.717, 1.165) is 6.07 Å². The monoisotopic (exact) mass is 352 g/mol. The molecule has 8 heteroatoms. The van der Waals surface area contributed by atoms with E-state index in [1.54, 1.807) is 13.2 Å². The number of nitrogens with zero attached hydrogens (tertiary/aromatic N) is 1. The van der Waals surface area contributed by atoms with Crippen molar-refractivity contribution in [3.8, 4) is 0 Å². The Morgan fingerprint density at radius 2 is 2.25 bits per heavy atom. The Bertz CT molecular complexity index is 845. The van der Waals surface area contributed by atoms with Crippen LogP contribution in [0.15, 0.2) is 18.3 Å². The number of aromatic amines is 1. The molecule has 0 radical (unpaired) electrons. The summed E-state index contributed by atoms with van der Waals surface area (Å²) in [5, 5.41) is 2.83. The van der Waals surface area contributed by atoms with Crippen molar-refractivity contribution in [1.29, 1.82) is 0 Å². The molecule has 5 nitrogen and oxygen atoms in total. The lowest BCUT2D eigenvalue weighted by Crippen LogP contribution is -2.31. The number of nitrogens with two attached hydrogens (primary N) is 1. The van der Waals surface area contributed by atoms with Crippen LogP contribution in [-0.2, 0) is 17.6 Å². The summed E-state index contributed by atoms with van der Waals surface area (Å²) in [6.45, 7) is 0. The zero-order valence-electron chi connectivity index (χ0n) is 13.1. The van der Waals surface area contributed by atoms with Crippen molar-refractivity contribution >= 4 is 18.1 Å². The number of benzene rings is 1. The van der Waals surface area contributed by atoms with Gasteiger partial charge < -0.3 is 20.6 Å². The Hall–Kier alpha value is -2.06. The largest absolute Gasteiger partial charge is 0.368 e. The minimum atomic E-state index is -0.668. The van der Waals surface area contributed by atoms with Crippen molar-refractivity contribution < 1.29 is 13.6 Å². The topological polar surface area (TPSA) is 75.8 Å². The lowest BCUT2D eigenvalue weighted by Gasteiger charge is -2.26. The molecule has 1 aromatic carbocycles. The number of carbonyl (C=O) groups excluding carboxylic acids is 1. The number of amides is 1. The van der Waals surface area contributed by atoms with Gasteiger partial charge in [0, 0.05) is 18.3 Å². The van der Waals surface area contributed by atoms with Gasteiger partial charge in [-0.1, -0.05) is 0 Å². The predicted octanol–water partition coefficient (Wildman–Crippen LogP) is 2.30. The van der Waals surface area contributed by atoms with Crippen molar-refractivity contribution in [2.75, 3.05) is 7.05 Å². The summed E-state index contributed by atoms with van der Waals surface area (Å²) in [6, 6.07) is 1.60. The van der Waals surface area contributed by atoms with Crippen molar-refractivity contribution in [2.45, 2.75) is 31.3 Å². The van der Waals surface area contributed by atoms with Crippen molar-refractivity contribution in [2.24, 2.45) is 5.73 Å². The maximum atomic E-state index is 13.9. The van der Waals surface area contributed by atoms with Gasteiger partial charge in [-0.25, -0.2) is 8.78 Å². The molecule has 0 spiro atoms. The summed E-state index contributed by atoms with van der Waals surface area (Å²) >= 11 is 5.34. The fourth-order valence-electron chi connectivity index (χ4n) is 3.32. The Morgan fingerprint density at radius 3 is 2.92 bits per heavy atom. The third-order valence-corrected chi connectivity index (χ3v) is 4.79.